The highest BCUT2D eigenvalue weighted by Gasteiger charge is 2.17. The van der Waals surface area contributed by atoms with Crippen molar-refractivity contribution in [3.8, 4) is 0 Å². The number of hydrogen-bond acceptors (Lipinski definition) is 4. The van der Waals surface area contributed by atoms with Gasteiger partial charge in [0, 0.05) is 25.7 Å². The van der Waals surface area contributed by atoms with Crippen molar-refractivity contribution in [2.24, 2.45) is 0 Å². The van der Waals surface area contributed by atoms with Crippen LogP contribution in [-0.2, 0) is 0 Å². The Hall–Kier alpha value is -2.37. The van der Waals surface area contributed by atoms with Gasteiger partial charge in [-0.2, -0.15) is 0 Å². The Kier molecular flexibility index (Phi) is 3.82. The molecule has 0 aliphatic heterocycles. The van der Waals surface area contributed by atoms with Crippen LogP contribution in [0.25, 0.3) is 0 Å². The molecule has 1 aromatic carbocycles. The molecule has 1 N–H and O–H groups in total. The van der Waals surface area contributed by atoms with Gasteiger partial charge in [-0.15, -0.1) is 6.58 Å². The lowest BCUT2D eigenvalue weighted by Crippen LogP contribution is -2.19. The van der Waals surface area contributed by atoms with E-state index in [0.717, 1.165) is 6.07 Å². The number of carboxylic acid groups (broad SMARTS) is 1. The molecule has 17 heavy (non-hydrogen) atoms. The number of non-ortho nitro benzene ring substituents is 1. The van der Waals surface area contributed by atoms with Crippen LogP contribution >= 0.6 is 0 Å². The summed E-state index contributed by atoms with van der Waals surface area (Å²) < 4.78 is 0. The zero-order valence-corrected chi connectivity index (χ0v) is 9.29. The van der Waals surface area contributed by atoms with E-state index in [-0.39, 0.29) is 11.3 Å². The van der Waals surface area contributed by atoms with Gasteiger partial charge < -0.3 is 10.0 Å². The van der Waals surface area contributed by atoms with Gasteiger partial charge in [-0.1, -0.05) is 6.08 Å². The van der Waals surface area contributed by atoms with Crippen LogP contribution in [0, 0.1) is 10.1 Å². The topological polar surface area (TPSA) is 83.7 Å². The minimum absolute atomic E-state index is 0.0939. The molecule has 1 rings (SSSR count). The number of nitro groups is 1. The number of aromatic carboxylic acids is 1. The van der Waals surface area contributed by atoms with Crippen LogP contribution < -0.4 is 4.90 Å². The molecule has 0 aromatic heterocycles. The summed E-state index contributed by atoms with van der Waals surface area (Å²) in [4.78, 5) is 22.6. The fraction of sp³-hybridized carbons (Fsp3) is 0.182. The Bertz CT molecular complexity index is 471. The van der Waals surface area contributed by atoms with E-state index >= 15 is 0 Å². The average Bonchev–Trinajstić information content (AvgIpc) is 2.28. The maximum Gasteiger partial charge on any atom is 0.338 e. The second kappa shape index (κ2) is 5.11. The Morgan fingerprint density at radius 1 is 1.65 bits per heavy atom. The van der Waals surface area contributed by atoms with E-state index in [2.05, 4.69) is 6.58 Å². The number of anilines is 1. The highest BCUT2D eigenvalue weighted by molar-refractivity contribution is 5.95. The lowest BCUT2D eigenvalue weighted by atomic mass is 10.1. The van der Waals surface area contributed by atoms with Gasteiger partial charge >= 0.3 is 5.97 Å². The van der Waals surface area contributed by atoms with Gasteiger partial charge in [0.1, 0.15) is 0 Å². The van der Waals surface area contributed by atoms with Crippen molar-refractivity contribution in [1.29, 1.82) is 0 Å². The number of benzene rings is 1. The van der Waals surface area contributed by atoms with Crippen LogP contribution in [0.15, 0.2) is 30.9 Å². The van der Waals surface area contributed by atoms with E-state index in [1.807, 2.05) is 0 Å². The molecular formula is C11H12N2O4. The zero-order valence-electron chi connectivity index (χ0n) is 9.29. The third kappa shape index (κ3) is 2.81. The number of rotatable bonds is 5. The minimum atomic E-state index is -1.19. The lowest BCUT2D eigenvalue weighted by molar-refractivity contribution is -0.384. The minimum Gasteiger partial charge on any atom is -0.478 e. The lowest BCUT2D eigenvalue weighted by Gasteiger charge is -2.18. The zero-order chi connectivity index (χ0) is 13.0. The first-order chi connectivity index (χ1) is 7.97. The summed E-state index contributed by atoms with van der Waals surface area (Å²) in [7, 11) is 1.69. The Labute approximate surface area is 97.9 Å². The van der Waals surface area contributed by atoms with Gasteiger partial charge in [0.2, 0.25) is 0 Å². The van der Waals surface area contributed by atoms with Gasteiger partial charge in [-0.25, -0.2) is 4.79 Å². The summed E-state index contributed by atoms with van der Waals surface area (Å²) >= 11 is 0. The Morgan fingerprint density at radius 3 is 2.76 bits per heavy atom. The summed E-state index contributed by atoms with van der Waals surface area (Å²) in [6.45, 7) is 4.01. The molecule has 0 aliphatic carbocycles. The molecule has 6 heteroatoms. The largest absolute Gasteiger partial charge is 0.478 e. The van der Waals surface area contributed by atoms with Gasteiger partial charge in [0.05, 0.1) is 16.2 Å². The normalized spacial score (nSPS) is 9.71. The van der Waals surface area contributed by atoms with E-state index < -0.39 is 10.9 Å². The number of nitro benzene ring substituents is 1. The number of nitrogens with zero attached hydrogens (tertiary/aromatic N) is 2. The van der Waals surface area contributed by atoms with Crippen LogP contribution in [0.1, 0.15) is 10.4 Å². The summed E-state index contributed by atoms with van der Waals surface area (Å²) in [5.74, 6) is -1.19. The van der Waals surface area contributed by atoms with Gasteiger partial charge in [-0.05, 0) is 6.07 Å². The molecule has 0 bridgehead atoms. The van der Waals surface area contributed by atoms with E-state index in [9.17, 15) is 14.9 Å². The molecule has 0 radical (unpaired) electrons. The van der Waals surface area contributed by atoms with E-state index in [4.69, 9.17) is 5.11 Å². The van der Waals surface area contributed by atoms with Crippen molar-refractivity contribution >= 4 is 17.3 Å². The molecule has 0 heterocycles. The van der Waals surface area contributed by atoms with E-state index in [1.165, 1.54) is 12.1 Å². The van der Waals surface area contributed by atoms with E-state index in [1.54, 1.807) is 18.0 Å². The monoisotopic (exact) mass is 236 g/mol. The summed E-state index contributed by atoms with van der Waals surface area (Å²) in [5, 5.41) is 19.6. The first kappa shape index (κ1) is 12.7. The van der Waals surface area contributed by atoms with Crippen molar-refractivity contribution in [2.45, 2.75) is 0 Å². The fourth-order valence-electron chi connectivity index (χ4n) is 1.43. The molecule has 0 amide bonds. The number of hydrogen-bond donors (Lipinski definition) is 1. The molecule has 0 unspecified atom stereocenters. The molecule has 0 saturated carbocycles. The number of carbonyl (C=O) groups is 1. The first-order valence-corrected chi connectivity index (χ1v) is 4.81. The van der Waals surface area contributed by atoms with Crippen LogP contribution in [0.2, 0.25) is 0 Å². The van der Waals surface area contributed by atoms with Crippen LogP contribution in [-0.4, -0.2) is 29.6 Å². The van der Waals surface area contributed by atoms with Crippen LogP contribution in [0.4, 0.5) is 11.4 Å². The molecule has 0 atom stereocenters. The van der Waals surface area contributed by atoms with Crippen molar-refractivity contribution < 1.29 is 14.8 Å². The first-order valence-electron chi connectivity index (χ1n) is 4.81. The standard InChI is InChI=1S/C11H12N2O4/c1-3-6-12(2)10-5-4-8(13(16)17)7-9(10)11(14)15/h3-5,7H,1,6H2,2H3,(H,14,15). The highest BCUT2D eigenvalue weighted by atomic mass is 16.6. The maximum atomic E-state index is 11.0. The predicted octanol–water partition coefficient (Wildman–Crippen LogP) is 1.92. The average molecular weight is 236 g/mol. The van der Waals surface area contributed by atoms with Crippen LogP contribution in [0.3, 0.4) is 0 Å². The molecule has 6 nitrogen and oxygen atoms in total. The van der Waals surface area contributed by atoms with Gasteiger partial charge in [0.25, 0.3) is 5.69 Å². The van der Waals surface area contributed by atoms with Crippen molar-refractivity contribution in [3.63, 3.8) is 0 Å². The van der Waals surface area contributed by atoms with Gasteiger partial charge in [0.15, 0.2) is 0 Å². The summed E-state index contributed by atoms with van der Waals surface area (Å²) in [5.41, 5.74) is 0.0877. The molecule has 0 aliphatic rings. The van der Waals surface area contributed by atoms with Crippen molar-refractivity contribution in [1.82, 2.24) is 0 Å². The fourth-order valence-corrected chi connectivity index (χ4v) is 1.43. The summed E-state index contributed by atoms with van der Waals surface area (Å²) in [6.07, 6.45) is 1.62. The molecule has 1 aromatic rings. The second-order valence-corrected chi connectivity index (χ2v) is 3.43. The van der Waals surface area contributed by atoms with E-state index in [0.29, 0.717) is 12.2 Å². The maximum absolute atomic E-state index is 11.0. The predicted molar refractivity (Wildman–Crippen MR) is 63.5 cm³/mol. The van der Waals surface area contributed by atoms with Crippen molar-refractivity contribution in [3.05, 3.63) is 46.5 Å². The Morgan fingerprint density at radius 2 is 2.29 bits per heavy atom. The highest BCUT2D eigenvalue weighted by Crippen LogP contribution is 2.24. The smallest absolute Gasteiger partial charge is 0.338 e. The van der Waals surface area contributed by atoms with Crippen LogP contribution in [0.5, 0.6) is 0 Å². The Balaban J connectivity index is 3.26. The molecule has 0 spiro atoms. The third-order valence-electron chi connectivity index (χ3n) is 2.24. The molecule has 0 saturated heterocycles. The SMILES string of the molecule is C=CCN(C)c1ccc([N+](=O)[O-])cc1C(=O)O. The van der Waals surface area contributed by atoms with Crippen molar-refractivity contribution in [2.75, 3.05) is 18.5 Å². The second-order valence-electron chi connectivity index (χ2n) is 3.43. The number of carboxylic acids is 1. The summed E-state index contributed by atoms with van der Waals surface area (Å²) in [6, 6.07) is 3.75. The number of likely N-dealkylation sites (N-methyl/N-ethyl adjacent to an activating group) is 1. The molecule has 90 valence electrons. The molecule has 0 fully saturated rings. The quantitative estimate of drug-likeness (QED) is 0.479. The molecular weight excluding hydrogens is 224 g/mol. The van der Waals surface area contributed by atoms with Gasteiger partial charge in [-0.3, -0.25) is 10.1 Å². The third-order valence-corrected chi connectivity index (χ3v) is 2.24.